The van der Waals surface area contributed by atoms with Crippen LogP contribution < -0.4 is 18.9 Å². The van der Waals surface area contributed by atoms with E-state index >= 15 is 0 Å². The molecule has 2 heterocycles. The maximum absolute atomic E-state index is 10.7. The van der Waals surface area contributed by atoms with Gasteiger partial charge in [-0.3, -0.25) is 9.80 Å². The fraction of sp³-hybridized carbons (Fsp3) is 0.351. The van der Waals surface area contributed by atoms with Crippen molar-refractivity contribution >= 4 is 0 Å². The summed E-state index contributed by atoms with van der Waals surface area (Å²) in [6.45, 7) is 1.86. The molecular formula is C37H42N2O6. The number of aromatic hydroxyl groups is 2. The van der Waals surface area contributed by atoms with Gasteiger partial charge < -0.3 is 29.2 Å². The van der Waals surface area contributed by atoms with Crippen LogP contribution in [0.25, 0.3) is 0 Å². The highest BCUT2D eigenvalue weighted by Gasteiger charge is 2.28. The van der Waals surface area contributed by atoms with Gasteiger partial charge in [-0.2, -0.15) is 0 Å². The van der Waals surface area contributed by atoms with Crippen molar-refractivity contribution in [3.8, 4) is 40.2 Å². The number of likely N-dealkylation sites (N-methyl/N-ethyl adjacent to an activating group) is 2. The maximum atomic E-state index is 10.7. The van der Waals surface area contributed by atoms with E-state index in [0.717, 1.165) is 67.0 Å². The molecule has 6 rings (SSSR count). The SMILES string of the molecule is COc1cc2c(cc1O)CCN(C)[C@H]2Cc1ccc(O)c(Oc2ccc(C[C@@H]3c4cc(OC)c(OC)cc4CCN3C)cc2)c1. The lowest BCUT2D eigenvalue weighted by atomic mass is 9.88. The second kappa shape index (κ2) is 12.9. The van der Waals surface area contributed by atoms with Gasteiger partial charge in [0.15, 0.2) is 34.5 Å². The Hall–Kier alpha value is -4.40. The zero-order valence-corrected chi connectivity index (χ0v) is 26.7. The number of hydrogen-bond donors (Lipinski definition) is 2. The van der Waals surface area contributed by atoms with Gasteiger partial charge in [-0.05, 0) is 122 Å². The van der Waals surface area contributed by atoms with Crippen molar-refractivity contribution in [2.45, 2.75) is 37.8 Å². The average molecular weight is 611 g/mol. The van der Waals surface area contributed by atoms with E-state index in [0.29, 0.717) is 17.2 Å². The molecule has 0 saturated carbocycles. The number of ether oxygens (including phenoxy) is 4. The summed E-state index contributed by atoms with van der Waals surface area (Å²) in [5.41, 5.74) is 7.08. The lowest BCUT2D eigenvalue weighted by Crippen LogP contribution is -2.33. The molecular weight excluding hydrogens is 568 g/mol. The highest BCUT2D eigenvalue weighted by Crippen LogP contribution is 2.41. The lowest BCUT2D eigenvalue weighted by Gasteiger charge is -2.35. The van der Waals surface area contributed by atoms with Crippen LogP contribution in [0.2, 0.25) is 0 Å². The number of benzene rings is 4. The fourth-order valence-corrected chi connectivity index (χ4v) is 6.73. The summed E-state index contributed by atoms with van der Waals surface area (Å²) in [5, 5.41) is 21.0. The van der Waals surface area contributed by atoms with Crippen LogP contribution in [0.4, 0.5) is 0 Å². The van der Waals surface area contributed by atoms with Crippen LogP contribution in [0, 0.1) is 0 Å². The van der Waals surface area contributed by atoms with Crippen molar-refractivity contribution in [2.75, 3.05) is 48.5 Å². The molecule has 2 N–H and O–H groups in total. The summed E-state index contributed by atoms with van der Waals surface area (Å²) in [6, 6.07) is 22.0. The van der Waals surface area contributed by atoms with Crippen LogP contribution in [0.5, 0.6) is 40.2 Å². The Balaban J connectivity index is 1.18. The van der Waals surface area contributed by atoms with E-state index in [-0.39, 0.29) is 23.6 Å². The molecule has 2 aliphatic heterocycles. The van der Waals surface area contributed by atoms with Gasteiger partial charge in [-0.15, -0.1) is 0 Å². The minimum absolute atomic E-state index is 0.0941. The first-order chi connectivity index (χ1) is 21.8. The Morgan fingerprint density at radius 3 is 1.76 bits per heavy atom. The standard InChI is InChI=1S/C37H42N2O6/c1-38-15-13-26-20-36(43-4)37(44-5)22-29(26)30(38)16-23-6-9-27(10-7-23)45-35-18-24(8-11-32(35)40)17-31-28-21-34(42-3)33(41)19-25(28)12-14-39(31)2/h6-11,18-22,30-31,40-41H,12-17H2,1-5H3/t30-,31+/m1/s1. The summed E-state index contributed by atoms with van der Waals surface area (Å²) in [5.74, 6) is 3.34. The minimum atomic E-state index is 0.0941. The number of hydrogen-bond acceptors (Lipinski definition) is 8. The Labute approximate surface area is 265 Å². The third-order valence-corrected chi connectivity index (χ3v) is 9.37. The van der Waals surface area contributed by atoms with E-state index < -0.39 is 0 Å². The zero-order valence-electron chi connectivity index (χ0n) is 26.7. The molecule has 8 nitrogen and oxygen atoms in total. The van der Waals surface area contributed by atoms with E-state index in [1.165, 1.54) is 16.7 Å². The quantitative estimate of drug-likeness (QED) is 0.224. The van der Waals surface area contributed by atoms with E-state index in [9.17, 15) is 10.2 Å². The molecule has 0 amide bonds. The van der Waals surface area contributed by atoms with Gasteiger partial charge in [-0.1, -0.05) is 18.2 Å². The molecule has 0 aromatic heterocycles. The molecule has 0 saturated heterocycles. The molecule has 2 aliphatic rings. The third-order valence-electron chi connectivity index (χ3n) is 9.37. The van der Waals surface area contributed by atoms with Gasteiger partial charge in [-0.25, -0.2) is 0 Å². The zero-order chi connectivity index (χ0) is 31.7. The first kappa shape index (κ1) is 30.6. The molecule has 4 aromatic carbocycles. The Kier molecular flexibility index (Phi) is 8.79. The number of nitrogens with zero attached hydrogens (tertiary/aromatic N) is 2. The summed E-state index contributed by atoms with van der Waals surface area (Å²) < 4.78 is 22.8. The fourth-order valence-electron chi connectivity index (χ4n) is 6.73. The normalized spacial score (nSPS) is 18.2. The Morgan fingerprint density at radius 2 is 1.13 bits per heavy atom. The predicted octanol–water partition coefficient (Wildman–Crippen LogP) is 6.46. The second-order valence-electron chi connectivity index (χ2n) is 12.1. The van der Waals surface area contributed by atoms with Crippen LogP contribution in [0.3, 0.4) is 0 Å². The van der Waals surface area contributed by atoms with Crippen LogP contribution in [0.15, 0.2) is 66.7 Å². The van der Waals surface area contributed by atoms with E-state index in [1.807, 2.05) is 36.4 Å². The maximum Gasteiger partial charge on any atom is 0.169 e. The van der Waals surface area contributed by atoms with Gasteiger partial charge in [0.25, 0.3) is 0 Å². The van der Waals surface area contributed by atoms with Gasteiger partial charge in [0.1, 0.15) is 5.75 Å². The summed E-state index contributed by atoms with van der Waals surface area (Å²) in [6.07, 6.45) is 3.41. The number of phenolic OH excluding ortho intramolecular Hbond substituents is 2. The van der Waals surface area contributed by atoms with Gasteiger partial charge in [0, 0.05) is 25.2 Å². The summed E-state index contributed by atoms with van der Waals surface area (Å²) in [7, 11) is 9.21. The Morgan fingerprint density at radius 1 is 0.600 bits per heavy atom. The second-order valence-corrected chi connectivity index (χ2v) is 12.1. The van der Waals surface area contributed by atoms with Crippen molar-refractivity contribution in [1.29, 1.82) is 0 Å². The van der Waals surface area contributed by atoms with E-state index in [1.54, 1.807) is 27.4 Å². The number of methoxy groups -OCH3 is 3. The molecule has 0 fully saturated rings. The van der Waals surface area contributed by atoms with Crippen molar-refractivity contribution in [2.24, 2.45) is 0 Å². The molecule has 0 bridgehead atoms. The van der Waals surface area contributed by atoms with Crippen LogP contribution in [0.1, 0.15) is 45.5 Å². The van der Waals surface area contributed by atoms with E-state index in [4.69, 9.17) is 18.9 Å². The smallest absolute Gasteiger partial charge is 0.169 e. The van der Waals surface area contributed by atoms with Crippen LogP contribution >= 0.6 is 0 Å². The molecule has 2 atom stereocenters. The van der Waals surface area contributed by atoms with Gasteiger partial charge >= 0.3 is 0 Å². The third kappa shape index (κ3) is 6.26. The number of rotatable bonds is 9. The van der Waals surface area contributed by atoms with Gasteiger partial charge in [0.05, 0.1) is 21.3 Å². The van der Waals surface area contributed by atoms with Crippen molar-refractivity contribution in [3.05, 3.63) is 100 Å². The molecule has 0 radical (unpaired) electrons. The monoisotopic (exact) mass is 610 g/mol. The van der Waals surface area contributed by atoms with Gasteiger partial charge in [0.2, 0.25) is 0 Å². The molecule has 236 valence electrons. The first-order valence-corrected chi connectivity index (χ1v) is 15.4. The number of fused-ring (bicyclic) bond motifs is 2. The molecule has 0 unspecified atom stereocenters. The lowest BCUT2D eigenvalue weighted by molar-refractivity contribution is 0.228. The highest BCUT2D eigenvalue weighted by molar-refractivity contribution is 5.51. The molecule has 0 aliphatic carbocycles. The summed E-state index contributed by atoms with van der Waals surface area (Å²) in [4.78, 5) is 4.71. The molecule has 4 aromatic rings. The number of phenols is 2. The predicted molar refractivity (Wildman–Crippen MR) is 174 cm³/mol. The molecule has 8 heteroatoms. The molecule has 45 heavy (non-hydrogen) atoms. The average Bonchev–Trinajstić information content (AvgIpc) is 3.05. The largest absolute Gasteiger partial charge is 0.504 e. The highest BCUT2D eigenvalue weighted by atomic mass is 16.5. The first-order valence-electron chi connectivity index (χ1n) is 15.4. The van der Waals surface area contributed by atoms with E-state index in [2.05, 4.69) is 48.2 Å². The Bertz CT molecular complexity index is 1670. The van der Waals surface area contributed by atoms with Crippen LogP contribution in [-0.2, 0) is 25.7 Å². The van der Waals surface area contributed by atoms with Crippen molar-refractivity contribution < 1.29 is 29.2 Å². The van der Waals surface area contributed by atoms with Crippen molar-refractivity contribution in [1.82, 2.24) is 9.80 Å². The minimum Gasteiger partial charge on any atom is -0.504 e. The van der Waals surface area contributed by atoms with Crippen LogP contribution in [-0.4, -0.2) is 68.5 Å². The topological polar surface area (TPSA) is 83.9 Å². The molecule has 0 spiro atoms. The van der Waals surface area contributed by atoms with Crippen molar-refractivity contribution in [3.63, 3.8) is 0 Å². The summed E-state index contributed by atoms with van der Waals surface area (Å²) >= 11 is 0.